The molecule has 3 saturated heterocycles. The van der Waals surface area contributed by atoms with E-state index in [1.165, 1.54) is 12.0 Å². The van der Waals surface area contributed by atoms with Crippen molar-refractivity contribution in [3.8, 4) is 0 Å². The molecule has 5 nitrogen and oxygen atoms in total. The van der Waals surface area contributed by atoms with Crippen LogP contribution >= 0.6 is 0 Å². The molecule has 2 aromatic rings. The molecule has 1 aromatic heterocycles. The van der Waals surface area contributed by atoms with Crippen LogP contribution < -0.4 is 0 Å². The third kappa shape index (κ3) is 3.36. The number of fused-ring (bicyclic) bond motifs is 1. The number of carbonyl (C=O) groups excluding carboxylic acids is 1. The van der Waals surface area contributed by atoms with Gasteiger partial charge in [0.15, 0.2) is 0 Å². The van der Waals surface area contributed by atoms with Gasteiger partial charge in [0, 0.05) is 43.1 Å². The van der Waals surface area contributed by atoms with Gasteiger partial charge in [-0.15, -0.1) is 0 Å². The summed E-state index contributed by atoms with van der Waals surface area (Å²) in [7, 11) is 0. The molecule has 0 aliphatic carbocycles. The van der Waals surface area contributed by atoms with Gasteiger partial charge in [0.25, 0.3) is 0 Å². The van der Waals surface area contributed by atoms with E-state index in [0.717, 1.165) is 24.9 Å². The van der Waals surface area contributed by atoms with Crippen molar-refractivity contribution >= 4 is 5.91 Å². The van der Waals surface area contributed by atoms with E-state index in [1.807, 2.05) is 17.0 Å². The summed E-state index contributed by atoms with van der Waals surface area (Å²) >= 11 is 0. The zero-order chi connectivity index (χ0) is 19.8. The summed E-state index contributed by atoms with van der Waals surface area (Å²) in [5.74, 6) is 0.362. The van der Waals surface area contributed by atoms with E-state index in [0.29, 0.717) is 38.0 Å². The summed E-state index contributed by atoms with van der Waals surface area (Å²) in [6, 6.07) is 15.2. The molecule has 4 heterocycles. The molecule has 0 radical (unpaired) electrons. The van der Waals surface area contributed by atoms with Gasteiger partial charge in [-0.1, -0.05) is 36.4 Å². The van der Waals surface area contributed by atoms with E-state index in [1.54, 1.807) is 12.4 Å². The second kappa shape index (κ2) is 7.54. The fourth-order valence-electron chi connectivity index (χ4n) is 5.69. The number of rotatable bonds is 3. The number of hydrogen-bond acceptors (Lipinski definition) is 4. The number of benzene rings is 1. The number of nitrogens with zero attached hydrogens (tertiary/aromatic N) is 3. The van der Waals surface area contributed by atoms with Gasteiger partial charge >= 0.3 is 0 Å². The van der Waals surface area contributed by atoms with Crippen molar-refractivity contribution in [1.82, 2.24) is 14.8 Å². The fraction of sp³-hybridized carbons (Fsp3) is 0.500. The highest BCUT2D eigenvalue weighted by Gasteiger charge is 2.49. The highest BCUT2D eigenvalue weighted by atomic mass is 16.3. The van der Waals surface area contributed by atoms with Crippen LogP contribution in [-0.4, -0.2) is 51.5 Å². The van der Waals surface area contributed by atoms with Crippen molar-refractivity contribution in [2.24, 2.45) is 5.92 Å². The van der Waals surface area contributed by atoms with E-state index in [-0.39, 0.29) is 11.8 Å². The van der Waals surface area contributed by atoms with E-state index in [9.17, 15) is 9.90 Å². The Hall–Kier alpha value is -2.24. The van der Waals surface area contributed by atoms with E-state index >= 15 is 0 Å². The Morgan fingerprint density at radius 2 is 1.86 bits per heavy atom. The van der Waals surface area contributed by atoms with Crippen LogP contribution in [0.1, 0.15) is 49.3 Å². The summed E-state index contributed by atoms with van der Waals surface area (Å²) in [4.78, 5) is 22.2. The molecule has 5 heteroatoms. The lowest BCUT2D eigenvalue weighted by Gasteiger charge is -2.39. The maximum Gasteiger partial charge on any atom is 0.227 e. The summed E-state index contributed by atoms with van der Waals surface area (Å²) < 4.78 is 0. The van der Waals surface area contributed by atoms with Crippen LogP contribution in [0.25, 0.3) is 0 Å². The van der Waals surface area contributed by atoms with Crippen LogP contribution in [0.4, 0.5) is 0 Å². The molecule has 3 aliphatic heterocycles. The molecule has 1 N–H and O–H groups in total. The molecule has 5 rings (SSSR count). The topological polar surface area (TPSA) is 56.7 Å². The van der Waals surface area contributed by atoms with Crippen LogP contribution in [0, 0.1) is 5.92 Å². The Labute approximate surface area is 172 Å². The first-order valence-corrected chi connectivity index (χ1v) is 10.9. The van der Waals surface area contributed by atoms with E-state index < -0.39 is 5.60 Å². The molecule has 3 fully saturated rings. The van der Waals surface area contributed by atoms with Gasteiger partial charge in [0.05, 0.1) is 11.5 Å². The Morgan fingerprint density at radius 1 is 1.07 bits per heavy atom. The quantitative estimate of drug-likeness (QED) is 0.874. The van der Waals surface area contributed by atoms with Crippen LogP contribution in [0.2, 0.25) is 0 Å². The van der Waals surface area contributed by atoms with Gasteiger partial charge in [0.1, 0.15) is 0 Å². The Balaban J connectivity index is 1.29. The third-order valence-corrected chi connectivity index (χ3v) is 7.29. The molecule has 0 unspecified atom stereocenters. The monoisotopic (exact) mass is 391 g/mol. The first kappa shape index (κ1) is 18.8. The maximum absolute atomic E-state index is 13.5. The number of amides is 1. The molecular formula is C24H29N3O2. The van der Waals surface area contributed by atoms with Crippen LogP contribution in [0.5, 0.6) is 0 Å². The smallest absolute Gasteiger partial charge is 0.227 e. The van der Waals surface area contributed by atoms with Crippen molar-refractivity contribution in [3.63, 3.8) is 0 Å². The standard InChI is InChI=1S/C24H29N3O2/c28-23(26-14-10-24(29,11-15-26)19-8-4-12-25-17-19)20-16-22(18-6-2-1-3-7-18)27-13-5-9-21(20)27/h1-4,6-8,12,17,20-22,29H,5,9-11,13-16H2/t20-,21+,22-/m0/s1. The first-order valence-electron chi connectivity index (χ1n) is 10.9. The van der Waals surface area contributed by atoms with Gasteiger partial charge in [-0.05, 0) is 50.3 Å². The van der Waals surface area contributed by atoms with Crippen LogP contribution in [-0.2, 0) is 10.4 Å². The van der Waals surface area contributed by atoms with Crippen molar-refractivity contribution in [3.05, 3.63) is 66.0 Å². The molecular weight excluding hydrogens is 362 g/mol. The molecule has 0 bridgehead atoms. The average Bonchev–Trinajstić information content (AvgIpc) is 3.38. The van der Waals surface area contributed by atoms with Crippen molar-refractivity contribution < 1.29 is 9.90 Å². The van der Waals surface area contributed by atoms with Crippen molar-refractivity contribution in [2.75, 3.05) is 19.6 Å². The van der Waals surface area contributed by atoms with Gasteiger partial charge in [0.2, 0.25) is 5.91 Å². The molecule has 3 aliphatic rings. The summed E-state index contributed by atoms with van der Waals surface area (Å²) in [5, 5.41) is 11.1. The summed E-state index contributed by atoms with van der Waals surface area (Å²) in [6.07, 6.45) is 7.83. The highest BCUT2D eigenvalue weighted by Crippen LogP contribution is 2.46. The third-order valence-electron chi connectivity index (χ3n) is 7.29. The normalized spacial score (nSPS) is 29.0. The number of piperidine rings is 1. The zero-order valence-electron chi connectivity index (χ0n) is 16.8. The predicted molar refractivity (Wildman–Crippen MR) is 111 cm³/mol. The SMILES string of the molecule is O=C([C@H]1C[C@@H](c2ccccc2)N2CCC[C@H]12)N1CCC(O)(c2cccnc2)CC1. The fourth-order valence-corrected chi connectivity index (χ4v) is 5.69. The molecule has 1 amide bonds. The Kier molecular flexibility index (Phi) is 4.88. The van der Waals surface area contributed by atoms with E-state index in [4.69, 9.17) is 0 Å². The van der Waals surface area contributed by atoms with Crippen molar-refractivity contribution in [2.45, 2.75) is 49.8 Å². The number of likely N-dealkylation sites (tertiary alicyclic amines) is 1. The molecule has 1 aromatic carbocycles. The van der Waals surface area contributed by atoms with E-state index in [2.05, 4.69) is 40.2 Å². The number of hydrogen-bond donors (Lipinski definition) is 1. The van der Waals surface area contributed by atoms with Gasteiger partial charge in [-0.2, -0.15) is 0 Å². The number of aliphatic hydroxyl groups is 1. The number of aromatic nitrogens is 1. The minimum absolute atomic E-state index is 0.0762. The van der Waals surface area contributed by atoms with Crippen molar-refractivity contribution in [1.29, 1.82) is 0 Å². The first-order chi connectivity index (χ1) is 14.2. The molecule has 29 heavy (non-hydrogen) atoms. The summed E-state index contributed by atoms with van der Waals surface area (Å²) in [6.45, 7) is 2.32. The minimum atomic E-state index is -0.868. The zero-order valence-corrected chi connectivity index (χ0v) is 16.8. The number of pyridine rings is 1. The molecule has 0 saturated carbocycles. The Morgan fingerprint density at radius 3 is 2.59 bits per heavy atom. The largest absolute Gasteiger partial charge is 0.385 e. The molecule has 0 spiro atoms. The number of carbonyl (C=O) groups is 1. The lowest BCUT2D eigenvalue weighted by atomic mass is 9.84. The van der Waals surface area contributed by atoms with Gasteiger partial charge in [-0.3, -0.25) is 14.7 Å². The lowest BCUT2D eigenvalue weighted by molar-refractivity contribution is -0.140. The predicted octanol–water partition coefficient (Wildman–Crippen LogP) is 3.12. The second-order valence-electron chi connectivity index (χ2n) is 8.81. The van der Waals surface area contributed by atoms with Gasteiger partial charge < -0.3 is 10.0 Å². The maximum atomic E-state index is 13.5. The Bertz CT molecular complexity index is 849. The molecule has 152 valence electrons. The lowest BCUT2D eigenvalue weighted by Crippen LogP contribution is -2.48. The molecule has 3 atom stereocenters. The average molecular weight is 392 g/mol. The van der Waals surface area contributed by atoms with Crippen LogP contribution in [0.3, 0.4) is 0 Å². The second-order valence-corrected chi connectivity index (χ2v) is 8.81. The summed E-state index contributed by atoms with van der Waals surface area (Å²) in [5.41, 5.74) is 1.32. The van der Waals surface area contributed by atoms with Gasteiger partial charge in [-0.25, -0.2) is 0 Å². The highest BCUT2D eigenvalue weighted by molar-refractivity contribution is 5.80. The minimum Gasteiger partial charge on any atom is -0.385 e. The van der Waals surface area contributed by atoms with Crippen LogP contribution in [0.15, 0.2) is 54.9 Å².